The Hall–Kier alpha value is -1.63. The maximum atomic E-state index is 12.1. The minimum Gasteiger partial charge on any atom is -0.445 e. The Morgan fingerprint density at radius 3 is 2.16 bits per heavy atom. The van der Waals surface area contributed by atoms with Gasteiger partial charge in [-0.25, -0.2) is 4.79 Å². The lowest BCUT2D eigenvalue weighted by Gasteiger charge is -2.26. The van der Waals surface area contributed by atoms with Crippen molar-refractivity contribution in [2.75, 3.05) is 13.7 Å². The van der Waals surface area contributed by atoms with Gasteiger partial charge in [-0.3, -0.25) is 0 Å². The van der Waals surface area contributed by atoms with Gasteiger partial charge in [0.2, 0.25) is 0 Å². The molecule has 1 aliphatic heterocycles. The summed E-state index contributed by atoms with van der Waals surface area (Å²) in [4.78, 5) is 13.8. The molecule has 0 aromatic heterocycles. The Kier molecular flexibility index (Phi) is 19.2. The van der Waals surface area contributed by atoms with E-state index in [4.69, 9.17) is 9.84 Å². The first-order valence-electron chi connectivity index (χ1n) is 11.2. The van der Waals surface area contributed by atoms with Crippen LogP contribution in [0.4, 0.5) is 4.79 Å². The third-order valence-corrected chi connectivity index (χ3v) is 5.68. The van der Waals surface area contributed by atoms with Crippen LogP contribution < -0.4 is 0 Å². The summed E-state index contributed by atoms with van der Waals surface area (Å²) in [6.45, 7) is 5.14. The van der Waals surface area contributed by atoms with E-state index in [0.717, 1.165) is 44.3 Å². The van der Waals surface area contributed by atoms with Gasteiger partial charge in [-0.1, -0.05) is 71.4 Å². The van der Waals surface area contributed by atoms with Gasteiger partial charge in [0.1, 0.15) is 6.61 Å². The molecule has 0 radical (unpaired) electrons. The lowest BCUT2D eigenvalue weighted by atomic mass is 10.0. The number of hydrogen-bond acceptors (Lipinski definition) is 5. The number of rotatable bonds is 2. The van der Waals surface area contributed by atoms with Crippen molar-refractivity contribution in [1.82, 2.24) is 4.90 Å². The molecule has 3 N–H and O–H groups in total. The number of aliphatic hydroxyl groups excluding tert-OH is 3. The third kappa shape index (κ3) is 13.0. The second-order valence-electron chi connectivity index (χ2n) is 8.39. The maximum Gasteiger partial charge on any atom is 0.410 e. The molecule has 32 heavy (non-hydrogen) atoms. The van der Waals surface area contributed by atoms with Crippen LogP contribution in [0.2, 0.25) is 0 Å². The van der Waals surface area contributed by atoms with Gasteiger partial charge in [-0.05, 0) is 50.5 Å². The normalized spacial score (nSPS) is 25.0. The molecule has 1 saturated heterocycles. The van der Waals surface area contributed by atoms with Crippen LogP contribution in [0.15, 0.2) is 30.3 Å². The molecule has 1 aliphatic carbocycles. The summed E-state index contributed by atoms with van der Waals surface area (Å²) in [7, 11) is 1.00. The fourth-order valence-electron chi connectivity index (χ4n) is 4.00. The van der Waals surface area contributed by atoms with E-state index in [1.54, 1.807) is 4.90 Å². The van der Waals surface area contributed by atoms with Crippen LogP contribution in [0.1, 0.15) is 85.6 Å². The molecular formula is C26H49NO5. The minimum atomic E-state index is -0.304. The molecule has 1 aromatic carbocycles. The molecule has 2 aliphatic rings. The third-order valence-electron chi connectivity index (χ3n) is 5.68. The van der Waals surface area contributed by atoms with E-state index in [1.807, 2.05) is 37.3 Å². The van der Waals surface area contributed by atoms with Crippen molar-refractivity contribution >= 4 is 6.09 Å². The van der Waals surface area contributed by atoms with Crippen LogP contribution in [0.5, 0.6) is 0 Å². The van der Waals surface area contributed by atoms with Crippen molar-refractivity contribution < 1.29 is 24.9 Å². The van der Waals surface area contributed by atoms with E-state index >= 15 is 0 Å². The van der Waals surface area contributed by atoms with Gasteiger partial charge < -0.3 is 25.0 Å². The summed E-state index contributed by atoms with van der Waals surface area (Å²) >= 11 is 0. The van der Waals surface area contributed by atoms with E-state index in [2.05, 4.69) is 6.92 Å². The van der Waals surface area contributed by atoms with Gasteiger partial charge in [0.15, 0.2) is 0 Å². The quantitative estimate of drug-likeness (QED) is 0.520. The number of ether oxygens (including phenoxy) is 1. The van der Waals surface area contributed by atoms with Gasteiger partial charge in [-0.15, -0.1) is 0 Å². The molecule has 1 heterocycles. The summed E-state index contributed by atoms with van der Waals surface area (Å²) in [6.07, 6.45) is 7.54. The Bertz CT molecular complexity index is 559. The number of benzene rings is 1. The molecule has 188 valence electrons. The number of carbonyl (C=O) groups is 1. The molecule has 1 amide bonds. The highest BCUT2D eigenvalue weighted by Crippen LogP contribution is 2.22. The van der Waals surface area contributed by atoms with Crippen LogP contribution in [-0.4, -0.2) is 58.2 Å². The number of likely N-dealkylation sites (tertiary alicyclic amines) is 1. The molecular weight excluding hydrogens is 406 g/mol. The largest absolute Gasteiger partial charge is 0.445 e. The van der Waals surface area contributed by atoms with Crippen LogP contribution in [0.3, 0.4) is 0 Å². The van der Waals surface area contributed by atoms with Crippen molar-refractivity contribution in [2.45, 2.75) is 105 Å². The van der Waals surface area contributed by atoms with Gasteiger partial charge in [0, 0.05) is 19.7 Å². The lowest BCUT2D eigenvalue weighted by molar-refractivity contribution is 0.0782. The molecule has 3 rings (SSSR count). The highest BCUT2D eigenvalue weighted by molar-refractivity contribution is 5.68. The number of nitrogens with zero attached hydrogens (tertiary/aromatic N) is 1. The maximum absolute atomic E-state index is 12.1. The number of hydrogen-bond donors (Lipinski definition) is 3. The zero-order valence-corrected chi connectivity index (χ0v) is 18.9. The predicted octanol–water partition coefficient (Wildman–Crippen LogP) is 5.39. The number of carbonyl (C=O) groups excluding carboxylic acids is 1. The summed E-state index contributed by atoms with van der Waals surface area (Å²) < 4.78 is 5.33. The summed E-state index contributed by atoms with van der Waals surface area (Å²) in [5.41, 5.74) is 0.985. The van der Waals surface area contributed by atoms with E-state index in [1.165, 1.54) is 19.3 Å². The fourth-order valence-corrected chi connectivity index (χ4v) is 4.00. The molecule has 1 aromatic rings. The standard InChI is InChI=1S/C15H21NO3.C8H16O.CH4O.2CH4/c1-12-10-14(17)8-5-9-16(12)15(18)19-11-13-6-3-2-4-7-13;1-7-4-2-3-5-8(9)6-7;1-2;;/h2-4,6-7,12,14,17H,5,8-11H2,1H3;7-9H,2-6H2,1H3;2H,1H3;2*1H4. The molecule has 4 atom stereocenters. The topological polar surface area (TPSA) is 90.2 Å². The molecule has 4 unspecified atom stereocenters. The minimum absolute atomic E-state index is 0. The van der Waals surface area contributed by atoms with Crippen LogP contribution in [0, 0.1) is 5.92 Å². The second kappa shape index (κ2) is 18.9. The zero-order chi connectivity index (χ0) is 22.4. The van der Waals surface area contributed by atoms with Crippen LogP contribution >= 0.6 is 0 Å². The van der Waals surface area contributed by atoms with E-state index < -0.39 is 0 Å². The molecule has 6 nitrogen and oxygen atoms in total. The van der Waals surface area contributed by atoms with Gasteiger partial charge in [0.05, 0.1) is 12.2 Å². The van der Waals surface area contributed by atoms with E-state index in [-0.39, 0.29) is 39.2 Å². The summed E-state index contributed by atoms with van der Waals surface area (Å²) in [5.74, 6) is 0.752. The summed E-state index contributed by atoms with van der Waals surface area (Å²) in [6, 6.07) is 9.68. The van der Waals surface area contributed by atoms with Gasteiger partial charge in [-0.2, -0.15) is 0 Å². The monoisotopic (exact) mass is 455 g/mol. The van der Waals surface area contributed by atoms with Gasteiger partial charge >= 0.3 is 6.09 Å². The van der Waals surface area contributed by atoms with Crippen molar-refractivity contribution in [3.05, 3.63) is 35.9 Å². The van der Waals surface area contributed by atoms with E-state index in [9.17, 15) is 15.0 Å². The van der Waals surface area contributed by atoms with E-state index in [0.29, 0.717) is 19.6 Å². The lowest BCUT2D eigenvalue weighted by Crippen LogP contribution is -2.39. The Morgan fingerprint density at radius 2 is 1.50 bits per heavy atom. The SMILES string of the molecule is C.C.CC1CC(O)CCCN1C(=O)OCc1ccccc1.CC1CCCCC(O)C1.CO. The zero-order valence-electron chi connectivity index (χ0n) is 18.9. The van der Waals surface area contributed by atoms with Crippen molar-refractivity contribution in [2.24, 2.45) is 5.92 Å². The first-order chi connectivity index (χ1) is 14.5. The molecule has 1 saturated carbocycles. The highest BCUT2D eigenvalue weighted by Gasteiger charge is 2.26. The smallest absolute Gasteiger partial charge is 0.410 e. The number of amides is 1. The average Bonchev–Trinajstić information content (AvgIpc) is 3.04. The first kappa shape index (κ1) is 32.5. The van der Waals surface area contributed by atoms with Crippen molar-refractivity contribution in [3.8, 4) is 0 Å². The number of aliphatic hydroxyl groups is 3. The second-order valence-corrected chi connectivity index (χ2v) is 8.39. The highest BCUT2D eigenvalue weighted by atomic mass is 16.6. The predicted molar refractivity (Wildman–Crippen MR) is 133 cm³/mol. The van der Waals surface area contributed by atoms with Gasteiger partial charge in [0.25, 0.3) is 0 Å². The fraction of sp³-hybridized carbons (Fsp3) is 0.731. The Labute approximate surface area is 196 Å². The average molecular weight is 456 g/mol. The molecule has 0 bridgehead atoms. The molecule has 2 fully saturated rings. The van der Waals surface area contributed by atoms with Crippen LogP contribution in [0.25, 0.3) is 0 Å². The summed E-state index contributed by atoms with van der Waals surface area (Å²) in [5, 5.41) is 25.9. The molecule has 0 spiro atoms. The van der Waals surface area contributed by atoms with Crippen LogP contribution in [-0.2, 0) is 11.3 Å². The van der Waals surface area contributed by atoms with Crippen molar-refractivity contribution in [3.63, 3.8) is 0 Å². The first-order valence-corrected chi connectivity index (χ1v) is 11.2. The molecule has 6 heteroatoms. The Morgan fingerprint density at radius 1 is 0.938 bits per heavy atom. The Balaban J connectivity index is 0. The van der Waals surface area contributed by atoms with Crippen molar-refractivity contribution in [1.29, 1.82) is 0 Å².